The van der Waals surface area contributed by atoms with Gasteiger partial charge in [-0.05, 0) is 19.1 Å². The van der Waals surface area contributed by atoms with Crippen molar-refractivity contribution in [3.63, 3.8) is 0 Å². The molecule has 0 atom stereocenters. The van der Waals surface area contributed by atoms with Crippen LogP contribution in [0.2, 0.25) is 0 Å². The standard InChI is InChI=1S/C11H11NOS/c1-8-10(12(2)13-11(8)14)9-6-4-3-5-7-9/h3-7H,1-2H3. The monoisotopic (exact) mass is 205 g/mol. The highest BCUT2D eigenvalue weighted by Crippen LogP contribution is 2.24. The molecule has 0 bridgehead atoms. The molecule has 0 aliphatic heterocycles. The van der Waals surface area contributed by atoms with Crippen molar-refractivity contribution in [2.45, 2.75) is 6.92 Å². The summed E-state index contributed by atoms with van der Waals surface area (Å²) in [4.78, 5) is 0. The Bertz CT molecular complexity index is 496. The highest BCUT2D eigenvalue weighted by Gasteiger charge is 2.09. The number of hydrogen-bond acceptors (Lipinski definition) is 2. The molecule has 72 valence electrons. The molecule has 2 aromatic rings. The van der Waals surface area contributed by atoms with E-state index in [1.165, 1.54) is 0 Å². The van der Waals surface area contributed by atoms with E-state index in [4.69, 9.17) is 16.7 Å². The van der Waals surface area contributed by atoms with Gasteiger partial charge in [0.1, 0.15) is 0 Å². The molecule has 0 saturated carbocycles. The van der Waals surface area contributed by atoms with Gasteiger partial charge in [0.05, 0.1) is 5.69 Å². The Morgan fingerprint density at radius 3 is 2.36 bits per heavy atom. The van der Waals surface area contributed by atoms with Crippen LogP contribution in [0.3, 0.4) is 0 Å². The summed E-state index contributed by atoms with van der Waals surface area (Å²) in [6.45, 7) is 1.98. The highest BCUT2D eigenvalue weighted by atomic mass is 32.1. The molecule has 0 unspecified atom stereocenters. The van der Waals surface area contributed by atoms with Gasteiger partial charge in [0.15, 0.2) is 0 Å². The molecule has 2 nitrogen and oxygen atoms in total. The Labute approximate surface area is 87.8 Å². The first-order valence-corrected chi connectivity index (χ1v) is 4.83. The van der Waals surface area contributed by atoms with Crippen LogP contribution >= 0.6 is 12.2 Å². The summed E-state index contributed by atoms with van der Waals surface area (Å²) in [5.41, 5.74) is 3.21. The van der Waals surface area contributed by atoms with E-state index in [1.807, 2.05) is 44.3 Å². The molecule has 14 heavy (non-hydrogen) atoms. The zero-order chi connectivity index (χ0) is 10.1. The Hall–Kier alpha value is -1.35. The molecule has 0 radical (unpaired) electrons. The normalized spacial score (nSPS) is 10.4. The summed E-state index contributed by atoms with van der Waals surface area (Å²) in [5, 5.41) is 0. The summed E-state index contributed by atoms with van der Waals surface area (Å²) in [6, 6.07) is 10.1. The predicted octanol–water partition coefficient (Wildman–Crippen LogP) is 3.32. The lowest BCUT2D eigenvalue weighted by molar-refractivity contribution is 0.301. The number of hydrogen-bond donors (Lipinski definition) is 0. The smallest absolute Gasteiger partial charge is 0.223 e. The lowest BCUT2D eigenvalue weighted by atomic mass is 10.1. The fourth-order valence-electron chi connectivity index (χ4n) is 1.57. The molecule has 0 aliphatic carbocycles. The van der Waals surface area contributed by atoms with E-state index in [0.717, 1.165) is 16.8 Å². The Kier molecular flexibility index (Phi) is 2.25. The van der Waals surface area contributed by atoms with Crippen molar-refractivity contribution in [1.29, 1.82) is 0 Å². The summed E-state index contributed by atoms with van der Waals surface area (Å²) >= 11 is 5.07. The molecule has 3 heteroatoms. The molecule has 1 heterocycles. The van der Waals surface area contributed by atoms with Crippen molar-refractivity contribution in [2.24, 2.45) is 7.05 Å². The summed E-state index contributed by atoms with van der Waals surface area (Å²) in [6.07, 6.45) is 0. The van der Waals surface area contributed by atoms with E-state index >= 15 is 0 Å². The van der Waals surface area contributed by atoms with Crippen LogP contribution in [-0.2, 0) is 7.05 Å². The maximum atomic E-state index is 5.33. The number of benzene rings is 1. The van der Waals surface area contributed by atoms with Gasteiger partial charge >= 0.3 is 0 Å². The quantitative estimate of drug-likeness (QED) is 0.665. The zero-order valence-corrected chi connectivity index (χ0v) is 8.97. The minimum absolute atomic E-state index is 0.561. The Morgan fingerprint density at radius 1 is 1.21 bits per heavy atom. The minimum atomic E-state index is 0.561. The zero-order valence-electron chi connectivity index (χ0n) is 8.15. The van der Waals surface area contributed by atoms with E-state index < -0.39 is 0 Å². The van der Waals surface area contributed by atoms with Crippen LogP contribution in [0, 0.1) is 11.6 Å². The van der Waals surface area contributed by atoms with Gasteiger partial charge in [-0.3, -0.25) is 0 Å². The van der Waals surface area contributed by atoms with E-state index in [1.54, 1.807) is 4.74 Å². The highest BCUT2D eigenvalue weighted by molar-refractivity contribution is 7.71. The third-order valence-corrected chi connectivity index (χ3v) is 2.62. The average molecular weight is 205 g/mol. The largest absolute Gasteiger partial charge is 0.368 e. The lowest BCUT2D eigenvalue weighted by Gasteiger charge is -2.01. The van der Waals surface area contributed by atoms with E-state index in [-0.39, 0.29) is 0 Å². The van der Waals surface area contributed by atoms with Gasteiger partial charge in [0.2, 0.25) is 4.71 Å². The molecule has 0 fully saturated rings. The maximum absolute atomic E-state index is 5.33. The molecule has 0 aliphatic rings. The SMILES string of the molecule is Cc1c(-c2ccccc2)n(C)oc1=S. The molecule has 1 aromatic carbocycles. The summed E-state index contributed by atoms with van der Waals surface area (Å²) in [7, 11) is 1.87. The first-order chi connectivity index (χ1) is 6.70. The van der Waals surface area contributed by atoms with Gasteiger partial charge in [-0.1, -0.05) is 30.3 Å². The van der Waals surface area contributed by atoms with E-state index in [9.17, 15) is 0 Å². The second-order valence-corrected chi connectivity index (χ2v) is 3.59. The van der Waals surface area contributed by atoms with Crippen LogP contribution in [0.25, 0.3) is 11.3 Å². The van der Waals surface area contributed by atoms with Gasteiger partial charge < -0.3 is 4.52 Å². The molecule has 2 rings (SSSR count). The van der Waals surface area contributed by atoms with Crippen LogP contribution in [0.1, 0.15) is 5.56 Å². The van der Waals surface area contributed by atoms with Gasteiger partial charge in [0.25, 0.3) is 0 Å². The van der Waals surface area contributed by atoms with Crippen molar-refractivity contribution in [3.8, 4) is 11.3 Å². The second kappa shape index (κ2) is 3.42. The molecule has 0 saturated heterocycles. The number of nitrogens with zero attached hydrogens (tertiary/aromatic N) is 1. The number of aromatic nitrogens is 1. The topological polar surface area (TPSA) is 18.1 Å². The predicted molar refractivity (Wildman–Crippen MR) is 58.7 cm³/mol. The van der Waals surface area contributed by atoms with E-state index in [2.05, 4.69) is 0 Å². The third kappa shape index (κ3) is 1.40. The minimum Gasteiger partial charge on any atom is -0.368 e. The lowest BCUT2D eigenvalue weighted by Crippen LogP contribution is -1.90. The van der Waals surface area contributed by atoms with E-state index in [0.29, 0.717) is 4.71 Å². The molecular formula is C11H11NOS. The molecule has 1 aromatic heterocycles. The fourth-order valence-corrected chi connectivity index (χ4v) is 1.77. The second-order valence-electron chi connectivity index (χ2n) is 3.22. The van der Waals surface area contributed by atoms with Crippen molar-refractivity contribution < 1.29 is 4.52 Å². The Morgan fingerprint density at radius 2 is 1.86 bits per heavy atom. The van der Waals surface area contributed by atoms with Crippen LogP contribution in [0.5, 0.6) is 0 Å². The first-order valence-electron chi connectivity index (χ1n) is 4.42. The summed E-state index contributed by atoms with van der Waals surface area (Å²) < 4.78 is 7.61. The summed E-state index contributed by atoms with van der Waals surface area (Å²) in [5.74, 6) is 0. The fraction of sp³-hybridized carbons (Fsp3) is 0.182. The van der Waals surface area contributed by atoms with Crippen molar-refractivity contribution in [3.05, 3.63) is 40.6 Å². The Balaban J connectivity index is 2.69. The van der Waals surface area contributed by atoms with Gasteiger partial charge in [-0.15, -0.1) is 0 Å². The van der Waals surface area contributed by atoms with Crippen molar-refractivity contribution in [1.82, 2.24) is 4.74 Å². The molecular weight excluding hydrogens is 194 g/mol. The van der Waals surface area contributed by atoms with Crippen molar-refractivity contribution in [2.75, 3.05) is 0 Å². The van der Waals surface area contributed by atoms with Crippen LogP contribution in [0.15, 0.2) is 34.9 Å². The van der Waals surface area contributed by atoms with Gasteiger partial charge in [-0.2, -0.15) is 0 Å². The maximum Gasteiger partial charge on any atom is 0.223 e. The molecule has 0 N–H and O–H groups in total. The number of aryl methyl sites for hydroxylation is 1. The van der Waals surface area contributed by atoms with Gasteiger partial charge in [-0.25, -0.2) is 4.74 Å². The van der Waals surface area contributed by atoms with Crippen LogP contribution in [0.4, 0.5) is 0 Å². The van der Waals surface area contributed by atoms with Crippen LogP contribution in [-0.4, -0.2) is 4.74 Å². The average Bonchev–Trinajstić information content (AvgIpc) is 2.43. The first kappa shape index (κ1) is 9.21. The molecule has 0 amide bonds. The third-order valence-electron chi connectivity index (χ3n) is 2.24. The number of rotatable bonds is 1. The molecule has 0 spiro atoms. The van der Waals surface area contributed by atoms with Crippen molar-refractivity contribution >= 4 is 12.2 Å². The van der Waals surface area contributed by atoms with Gasteiger partial charge in [0, 0.05) is 18.2 Å². The van der Waals surface area contributed by atoms with Crippen LogP contribution < -0.4 is 0 Å².